The van der Waals surface area contributed by atoms with E-state index in [0.29, 0.717) is 23.8 Å². The van der Waals surface area contributed by atoms with Crippen LogP contribution in [0.25, 0.3) is 16.6 Å². The van der Waals surface area contributed by atoms with Gasteiger partial charge in [0.15, 0.2) is 0 Å². The van der Waals surface area contributed by atoms with E-state index in [2.05, 4.69) is 54.2 Å². The molecule has 1 saturated heterocycles. The summed E-state index contributed by atoms with van der Waals surface area (Å²) in [4.78, 5) is 22.2. The molecule has 1 atom stereocenters. The Hall–Kier alpha value is -3.64. The number of anilines is 1. The molecule has 0 saturated carbocycles. The van der Waals surface area contributed by atoms with Gasteiger partial charge in [0.1, 0.15) is 17.6 Å². The number of hydrogen-bond donors (Lipinski definition) is 1. The number of pyridine rings is 2. The average Bonchev–Trinajstić information content (AvgIpc) is 3.31. The van der Waals surface area contributed by atoms with Crippen molar-refractivity contribution >= 4 is 17.2 Å². The second kappa shape index (κ2) is 11.4. The highest BCUT2D eigenvalue weighted by atomic mass is 16.5. The number of aromatic nitrogens is 3. The van der Waals surface area contributed by atoms with Crippen LogP contribution in [0.1, 0.15) is 46.1 Å². The molecule has 1 aliphatic heterocycles. The summed E-state index contributed by atoms with van der Waals surface area (Å²) < 4.78 is 7.42. The zero-order valence-electron chi connectivity index (χ0n) is 23.4. The summed E-state index contributed by atoms with van der Waals surface area (Å²) in [7, 11) is 4.12. The molecular weight excluding hydrogens is 478 g/mol. The minimum Gasteiger partial charge on any atom is -0.492 e. The lowest BCUT2D eigenvalue weighted by atomic mass is 9.85. The maximum atomic E-state index is 13.0. The first kappa shape index (κ1) is 27.4. The summed E-state index contributed by atoms with van der Waals surface area (Å²) in [5.74, 6) is 2.01. The van der Waals surface area contributed by atoms with Crippen molar-refractivity contribution in [2.24, 2.45) is 11.8 Å². The van der Waals surface area contributed by atoms with Gasteiger partial charge in [-0.3, -0.25) is 4.79 Å². The molecule has 0 radical (unpaired) electrons. The molecule has 9 heteroatoms. The van der Waals surface area contributed by atoms with Crippen LogP contribution >= 0.6 is 0 Å². The Balaban J connectivity index is 1.54. The number of amides is 1. The van der Waals surface area contributed by atoms with E-state index in [4.69, 9.17) is 9.72 Å². The third-order valence-electron chi connectivity index (χ3n) is 7.54. The van der Waals surface area contributed by atoms with Gasteiger partial charge in [-0.2, -0.15) is 10.4 Å². The number of nitrogens with zero attached hydrogens (tertiary/aromatic N) is 6. The summed E-state index contributed by atoms with van der Waals surface area (Å²) >= 11 is 0. The van der Waals surface area contributed by atoms with Gasteiger partial charge >= 0.3 is 0 Å². The zero-order valence-corrected chi connectivity index (χ0v) is 23.4. The number of rotatable bonds is 9. The van der Waals surface area contributed by atoms with E-state index in [1.165, 1.54) is 0 Å². The van der Waals surface area contributed by atoms with Crippen molar-refractivity contribution in [2.75, 3.05) is 45.2 Å². The van der Waals surface area contributed by atoms with Gasteiger partial charge in [-0.15, -0.1) is 0 Å². The maximum Gasteiger partial charge on any atom is 0.223 e. The monoisotopic (exact) mass is 517 g/mol. The molecule has 1 aliphatic rings. The summed E-state index contributed by atoms with van der Waals surface area (Å²) in [6.07, 6.45) is 6.92. The van der Waals surface area contributed by atoms with Crippen LogP contribution in [0.15, 0.2) is 36.8 Å². The lowest BCUT2D eigenvalue weighted by molar-refractivity contribution is -0.128. The van der Waals surface area contributed by atoms with E-state index < -0.39 is 0 Å². The molecule has 1 N–H and O–H groups in total. The highest BCUT2D eigenvalue weighted by molar-refractivity contribution is 5.85. The largest absolute Gasteiger partial charge is 0.492 e. The Kier molecular flexibility index (Phi) is 8.22. The lowest BCUT2D eigenvalue weighted by Crippen LogP contribution is -2.61. The molecule has 1 amide bonds. The SMILES string of the molecule is CCOc1cc(-c2ccc(N3CCC(CN(C)C)(NC(=O)C(C)C(C)C)CC3)nc2)c2c(C#N)cnn2c1. The number of piperidine rings is 1. The van der Waals surface area contributed by atoms with Crippen molar-refractivity contribution in [2.45, 2.75) is 46.1 Å². The van der Waals surface area contributed by atoms with E-state index in [-0.39, 0.29) is 17.4 Å². The van der Waals surface area contributed by atoms with E-state index in [1.807, 2.05) is 38.2 Å². The summed E-state index contributed by atoms with van der Waals surface area (Å²) in [6, 6.07) is 8.24. The number of carbonyl (C=O) groups is 1. The number of likely N-dealkylation sites (N-methyl/N-ethyl adjacent to an activating group) is 1. The number of hydrogen-bond acceptors (Lipinski definition) is 7. The Labute approximate surface area is 225 Å². The molecule has 0 spiro atoms. The number of fused-ring (bicyclic) bond motifs is 1. The maximum absolute atomic E-state index is 13.0. The van der Waals surface area contributed by atoms with Crippen LogP contribution in [0.4, 0.5) is 5.82 Å². The van der Waals surface area contributed by atoms with Gasteiger partial charge < -0.3 is 19.9 Å². The Bertz CT molecular complexity index is 1300. The summed E-state index contributed by atoms with van der Waals surface area (Å²) in [6.45, 7) is 11.1. The standard InChI is InChI=1S/C29H39N7O2/c1-7-38-24-14-25(27-23(15-30)17-32-36(27)18-24)22-8-9-26(31-16-22)35-12-10-29(11-13-35,19-34(5)6)33-28(37)21(4)20(2)3/h8-9,14,16-18,20-21H,7,10-13,19H2,1-6H3,(H,33,37). The molecular formula is C29H39N7O2. The van der Waals surface area contributed by atoms with Crippen LogP contribution in [0.5, 0.6) is 5.75 Å². The van der Waals surface area contributed by atoms with Crippen LogP contribution in [-0.4, -0.2) is 71.3 Å². The predicted molar refractivity (Wildman–Crippen MR) is 149 cm³/mol. The molecule has 4 heterocycles. The number of carbonyl (C=O) groups excluding carboxylic acids is 1. The fourth-order valence-electron chi connectivity index (χ4n) is 5.15. The Morgan fingerprint density at radius 3 is 2.55 bits per heavy atom. The molecule has 0 aromatic carbocycles. The van der Waals surface area contributed by atoms with Gasteiger partial charge in [0.05, 0.1) is 35.6 Å². The van der Waals surface area contributed by atoms with Crippen LogP contribution in [0.3, 0.4) is 0 Å². The van der Waals surface area contributed by atoms with Gasteiger partial charge in [0.2, 0.25) is 5.91 Å². The molecule has 1 unspecified atom stereocenters. The van der Waals surface area contributed by atoms with Gasteiger partial charge in [-0.1, -0.05) is 20.8 Å². The molecule has 202 valence electrons. The van der Waals surface area contributed by atoms with Crippen molar-refractivity contribution in [3.05, 3.63) is 42.4 Å². The molecule has 1 fully saturated rings. The number of nitriles is 1. The van der Waals surface area contributed by atoms with E-state index >= 15 is 0 Å². The first-order valence-electron chi connectivity index (χ1n) is 13.4. The second-order valence-corrected chi connectivity index (χ2v) is 10.9. The average molecular weight is 518 g/mol. The third-order valence-corrected chi connectivity index (χ3v) is 7.54. The van der Waals surface area contributed by atoms with E-state index in [1.54, 1.807) is 16.9 Å². The van der Waals surface area contributed by atoms with E-state index in [0.717, 1.165) is 54.9 Å². The number of ether oxygens (including phenoxy) is 1. The third kappa shape index (κ3) is 5.76. The van der Waals surface area contributed by atoms with Crippen molar-refractivity contribution in [3.63, 3.8) is 0 Å². The van der Waals surface area contributed by atoms with Crippen molar-refractivity contribution < 1.29 is 9.53 Å². The van der Waals surface area contributed by atoms with Crippen LogP contribution in [0.2, 0.25) is 0 Å². The molecule has 3 aromatic heterocycles. The fourth-order valence-corrected chi connectivity index (χ4v) is 5.15. The smallest absolute Gasteiger partial charge is 0.223 e. The molecule has 0 aliphatic carbocycles. The minimum absolute atomic E-state index is 0.0219. The van der Waals surface area contributed by atoms with Crippen LogP contribution in [-0.2, 0) is 4.79 Å². The van der Waals surface area contributed by atoms with Crippen LogP contribution < -0.4 is 15.0 Å². The number of nitrogens with one attached hydrogen (secondary N) is 1. The molecule has 3 aromatic rings. The zero-order chi connectivity index (χ0) is 27.4. The topological polar surface area (TPSA) is 98.8 Å². The summed E-state index contributed by atoms with van der Waals surface area (Å²) in [5.41, 5.74) is 2.75. The van der Waals surface area contributed by atoms with Crippen molar-refractivity contribution in [1.29, 1.82) is 5.26 Å². The highest BCUT2D eigenvalue weighted by Gasteiger charge is 2.38. The van der Waals surface area contributed by atoms with E-state index in [9.17, 15) is 10.1 Å². The van der Waals surface area contributed by atoms with Crippen LogP contribution in [0, 0.1) is 23.2 Å². The first-order valence-corrected chi connectivity index (χ1v) is 13.4. The van der Waals surface area contributed by atoms with Gasteiger partial charge in [0.25, 0.3) is 0 Å². The molecule has 38 heavy (non-hydrogen) atoms. The Morgan fingerprint density at radius 1 is 1.24 bits per heavy atom. The van der Waals surface area contributed by atoms with Crippen molar-refractivity contribution in [1.82, 2.24) is 24.8 Å². The fraction of sp³-hybridized carbons (Fsp3) is 0.517. The molecule has 9 nitrogen and oxygen atoms in total. The second-order valence-electron chi connectivity index (χ2n) is 10.9. The summed E-state index contributed by atoms with van der Waals surface area (Å²) in [5, 5.41) is 17.4. The molecule has 4 rings (SSSR count). The molecule has 0 bridgehead atoms. The highest BCUT2D eigenvalue weighted by Crippen LogP contribution is 2.32. The van der Waals surface area contributed by atoms with Crippen molar-refractivity contribution in [3.8, 4) is 22.9 Å². The Morgan fingerprint density at radius 2 is 1.97 bits per heavy atom. The quantitative estimate of drug-likeness (QED) is 0.458. The lowest BCUT2D eigenvalue weighted by Gasteiger charge is -2.44. The normalized spacial score (nSPS) is 16.0. The van der Waals surface area contributed by atoms with Gasteiger partial charge in [-0.25, -0.2) is 9.50 Å². The van der Waals surface area contributed by atoms with Gasteiger partial charge in [0, 0.05) is 42.9 Å². The minimum atomic E-state index is -0.249. The predicted octanol–water partition coefficient (Wildman–Crippen LogP) is 3.98. The first-order chi connectivity index (χ1) is 18.2. The van der Waals surface area contributed by atoms with Gasteiger partial charge in [-0.05, 0) is 58.0 Å².